The number of unbranched alkanes of at least 4 members (excludes halogenated alkanes) is 6. The third kappa shape index (κ3) is 8.75. The van der Waals surface area contributed by atoms with Crippen molar-refractivity contribution in [3.8, 4) is 44.5 Å². The fourth-order valence-corrected chi connectivity index (χ4v) is 45.2. The van der Waals surface area contributed by atoms with Crippen LogP contribution in [0.5, 0.6) is 0 Å². The fraction of sp³-hybridized carbons (Fsp3) is 0.222. The summed E-state index contributed by atoms with van der Waals surface area (Å²) in [5.41, 5.74) is 18.5. The molecule has 0 heterocycles. The summed E-state index contributed by atoms with van der Waals surface area (Å²) in [7, 11) is 19.5. The van der Waals surface area contributed by atoms with E-state index in [1.807, 2.05) is 0 Å². The Balaban J connectivity index is 1.20. The molecule has 12 rings (SSSR count). The zero-order valence-corrected chi connectivity index (χ0v) is 49.8. The van der Waals surface area contributed by atoms with Crippen molar-refractivity contribution < 1.29 is 15.6 Å². The quantitative estimate of drug-likeness (QED) is 0.0630. The first-order chi connectivity index (χ1) is 37.2. The van der Waals surface area contributed by atoms with Crippen LogP contribution in [0.25, 0.3) is 99.7 Å². The van der Waals surface area contributed by atoms with E-state index in [-0.39, 0.29) is 7.25 Å². The Kier molecular flexibility index (Phi) is 14.4. The summed E-state index contributed by atoms with van der Waals surface area (Å²) in [6, 6.07) is 73.0. The Bertz CT molecular complexity index is 3650. The van der Waals surface area contributed by atoms with E-state index >= 15 is 0 Å². The summed E-state index contributed by atoms with van der Waals surface area (Å²) in [6.45, 7) is 9.77. The minimum absolute atomic E-state index is 0.103. The Hall–Kier alpha value is -5.60. The standard InChI is InChI=1S/2C35H31.C2H7Si.2ClH.Zr/c2*1-2-3-4-5-12-25-23-34-32(30-19-10-15-26-13-6-8-17-28(26)30)21-22-33(35(34)24-25)31-20-11-16-27-14-7-9-18-29(27)31;1-3-2;;;/h2*6-11,13-24H,2-5,12H2,1H3;3H,1-2H3;2*1H;/q;;;;;+2/p-2. The van der Waals surface area contributed by atoms with Gasteiger partial charge in [0.1, 0.15) is 0 Å². The first kappa shape index (κ1) is 51.2. The van der Waals surface area contributed by atoms with E-state index in [1.54, 1.807) is 0 Å². The van der Waals surface area contributed by atoms with Gasteiger partial charge in [-0.2, -0.15) is 0 Å². The van der Waals surface area contributed by atoms with Gasteiger partial charge in [0.25, 0.3) is 0 Å². The molecule has 0 spiro atoms. The molecule has 0 aliphatic heterocycles. The average Bonchev–Trinajstić information content (AvgIpc) is 4.06. The molecule has 0 radical (unpaired) electrons. The Morgan fingerprint density at radius 1 is 0.342 bits per heavy atom. The summed E-state index contributed by atoms with van der Waals surface area (Å²) in [6.07, 6.45) is 16.7. The van der Waals surface area contributed by atoms with Gasteiger partial charge in [0.15, 0.2) is 0 Å². The number of fused-ring (bicyclic) bond motifs is 6. The molecule has 2 atom stereocenters. The van der Waals surface area contributed by atoms with Gasteiger partial charge in [0, 0.05) is 0 Å². The molecule has 10 aromatic carbocycles. The zero-order chi connectivity index (χ0) is 52.0. The molecular weight excluding hydrogens is 1060 g/mol. The van der Waals surface area contributed by atoms with E-state index in [0.717, 1.165) is 25.7 Å². The van der Waals surface area contributed by atoms with E-state index < -0.39 is 21.5 Å². The van der Waals surface area contributed by atoms with Gasteiger partial charge in [-0.15, -0.1) is 0 Å². The number of benzene rings is 10. The van der Waals surface area contributed by atoms with Crippen molar-refractivity contribution in [2.45, 2.75) is 98.4 Å². The zero-order valence-electron chi connectivity index (χ0n) is 44.7. The SMILES string of the molecule is CCCCCCC1=Cc2c(-c3cccc4ccccc34)ccc(-c3cccc4ccccc34)c2[CH]1[Zr]([Cl])([Cl])([CH]1C(CCCCCC)=Cc2c(-c3cccc4ccccc34)ccc(-c3cccc4ccccc34)c21)[SiH](C)C. The number of rotatable bonds is 17. The van der Waals surface area contributed by atoms with Gasteiger partial charge in [0.05, 0.1) is 0 Å². The van der Waals surface area contributed by atoms with Crippen LogP contribution in [0.3, 0.4) is 0 Å². The molecule has 0 saturated carbocycles. The van der Waals surface area contributed by atoms with Crippen molar-refractivity contribution >= 4 is 78.2 Å². The molecule has 0 saturated heterocycles. The predicted molar refractivity (Wildman–Crippen MR) is 334 cm³/mol. The molecule has 0 aromatic heterocycles. The molecule has 10 aromatic rings. The molecule has 76 heavy (non-hydrogen) atoms. The molecule has 2 aliphatic carbocycles. The van der Waals surface area contributed by atoms with Gasteiger partial charge >= 0.3 is 464 Å². The van der Waals surface area contributed by atoms with Crippen molar-refractivity contribution in [2.75, 3.05) is 0 Å². The number of hydrogen-bond donors (Lipinski definition) is 0. The first-order valence-electron chi connectivity index (χ1n) is 28.4. The number of allylic oxidation sites excluding steroid dienone is 2. The molecule has 2 aliphatic rings. The second kappa shape index (κ2) is 21.3. The Morgan fingerprint density at radius 3 is 0.974 bits per heavy atom. The van der Waals surface area contributed by atoms with Gasteiger partial charge in [0.2, 0.25) is 0 Å². The van der Waals surface area contributed by atoms with E-state index in [2.05, 4.69) is 233 Å². The first-order valence-corrected chi connectivity index (χ1v) is 44.7. The van der Waals surface area contributed by atoms with Crippen molar-refractivity contribution in [3.05, 3.63) is 228 Å². The van der Waals surface area contributed by atoms with E-state index in [9.17, 15) is 17.0 Å². The van der Waals surface area contributed by atoms with Crippen molar-refractivity contribution in [2.24, 2.45) is 0 Å². The molecule has 0 fully saturated rings. The Morgan fingerprint density at radius 2 is 0.645 bits per heavy atom. The summed E-state index contributed by atoms with van der Waals surface area (Å²) >= 11 is -5.62. The molecular formula is C72H69Cl2SiZr. The topological polar surface area (TPSA) is 0 Å². The molecule has 4 heteroatoms. The van der Waals surface area contributed by atoms with Gasteiger partial charge in [-0.3, -0.25) is 0 Å². The third-order valence-electron chi connectivity index (χ3n) is 17.7. The van der Waals surface area contributed by atoms with Crippen LogP contribution in [-0.4, -0.2) is 5.92 Å². The van der Waals surface area contributed by atoms with Crippen LogP contribution in [0, 0.1) is 0 Å². The molecule has 0 N–H and O–H groups in total. The van der Waals surface area contributed by atoms with E-state index in [1.165, 1.54) is 160 Å². The van der Waals surface area contributed by atoms with Crippen LogP contribution in [-0.2, 0) is 15.6 Å². The molecule has 2 unspecified atom stereocenters. The monoisotopic (exact) mass is 1120 g/mol. The van der Waals surface area contributed by atoms with Gasteiger partial charge < -0.3 is 0 Å². The Labute approximate surface area is 460 Å². The minimum atomic E-state index is -5.62. The third-order valence-corrected chi connectivity index (χ3v) is 69.5. The molecule has 0 nitrogen and oxygen atoms in total. The van der Waals surface area contributed by atoms with Crippen LogP contribution in [0.1, 0.15) is 108 Å². The normalized spacial score (nSPS) is 15.8. The van der Waals surface area contributed by atoms with Gasteiger partial charge in [-0.1, -0.05) is 0 Å². The number of hydrogen-bond acceptors (Lipinski definition) is 0. The maximum atomic E-state index is 9.76. The summed E-state index contributed by atoms with van der Waals surface area (Å²) in [5, 5.41) is 10.1. The predicted octanol–water partition coefficient (Wildman–Crippen LogP) is 22.5. The average molecular weight is 1120 g/mol. The summed E-state index contributed by atoms with van der Waals surface area (Å²) in [4.78, 5) is 0. The van der Waals surface area contributed by atoms with Crippen molar-refractivity contribution in [1.82, 2.24) is 0 Å². The van der Waals surface area contributed by atoms with Crippen LogP contribution in [0.2, 0.25) is 13.1 Å². The number of halogens is 2. The van der Waals surface area contributed by atoms with Crippen LogP contribution in [0.4, 0.5) is 0 Å². The van der Waals surface area contributed by atoms with Crippen molar-refractivity contribution in [1.29, 1.82) is 0 Å². The second-order valence-electron chi connectivity index (χ2n) is 22.4. The van der Waals surface area contributed by atoms with Gasteiger partial charge in [-0.05, 0) is 0 Å². The second-order valence-corrected chi connectivity index (χ2v) is 64.9. The molecule has 379 valence electrons. The summed E-state index contributed by atoms with van der Waals surface area (Å²) < 4.78 is -0.206. The van der Waals surface area contributed by atoms with E-state index in [4.69, 9.17) is 0 Å². The maximum absolute atomic E-state index is 9.76. The fourth-order valence-electron chi connectivity index (χ4n) is 13.9. The molecule has 0 bridgehead atoms. The van der Waals surface area contributed by atoms with Gasteiger partial charge in [-0.25, -0.2) is 0 Å². The molecule has 0 amide bonds. The van der Waals surface area contributed by atoms with Crippen molar-refractivity contribution in [3.63, 3.8) is 0 Å². The van der Waals surface area contributed by atoms with Crippen LogP contribution < -0.4 is 0 Å². The van der Waals surface area contributed by atoms with Crippen LogP contribution >= 0.6 is 17.0 Å². The van der Waals surface area contributed by atoms with E-state index in [0.29, 0.717) is 0 Å². The summed E-state index contributed by atoms with van der Waals surface area (Å²) in [5.74, 6) is -2.04. The van der Waals surface area contributed by atoms with Crippen LogP contribution in [0.15, 0.2) is 205 Å².